The minimum Gasteiger partial charge on any atom is -0.325 e. The Morgan fingerprint density at radius 3 is 2.54 bits per heavy atom. The van der Waals surface area contributed by atoms with E-state index in [4.69, 9.17) is 23.2 Å². The molecule has 2 aromatic carbocycles. The lowest BCUT2D eigenvalue weighted by Gasteiger charge is -2.31. The van der Waals surface area contributed by atoms with E-state index >= 15 is 0 Å². The first kappa shape index (κ1) is 21.1. The fourth-order valence-electron chi connectivity index (χ4n) is 3.19. The minimum absolute atomic E-state index is 0.0160. The summed E-state index contributed by atoms with van der Waals surface area (Å²) in [5.41, 5.74) is 1.84. The predicted octanol–water partition coefficient (Wildman–Crippen LogP) is 1.83. The molecule has 150 valence electrons. The van der Waals surface area contributed by atoms with Crippen molar-refractivity contribution in [3.63, 3.8) is 0 Å². The van der Waals surface area contributed by atoms with Gasteiger partial charge in [0, 0.05) is 10.7 Å². The van der Waals surface area contributed by atoms with Gasteiger partial charge in [-0.15, -0.1) is 0 Å². The van der Waals surface area contributed by atoms with Crippen LogP contribution in [0.5, 0.6) is 0 Å². The predicted molar refractivity (Wildman–Crippen MR) is 111 cm³/mol. The van der Waals surface area contributed by atoms with Crippen LogP contribution in [-0.2, 0) is 14.8 Å². The fourth-order valence-corrected chi connectivity index (χ4v) is 5.37. The number of sulfonamides is 1. The lowest BCUT2D eigenvalue weighted by atomic mass is 10.2. The van der Waals surface area contributed by atoms with Gasteiger partial charge in [0.1, 0.15) is 4.90 Å². The van der Waals surface area contributed by atoms with E-state index in [1.165, 1.54) is 16.4 Å². The van der Waals surface area contributed by atoms with Crippen molar-refractivity contribution in [2.24, 2.45) is 0 Å². The van der Waals surface area contributed by atoms with Crippen molar-refractivity contribution in [1.82, 2.24) is 4.31 Å². The van der Waals surface area contributed by atoms with E-state index in [9.17, 15) is 13.2 Å². The Balaban J connectivity index is 1.58. The number of hydrogen-bond donors (Lipinski definition) is 2. The van der Waals surface area contributed by atoms with Gasteiger partial charge in [-0.3, -0.25) is 4.79 Å². The van der Waals surface area contributed by atoms with Gasteiger partial charge in [0.05, 0.1) is 31.2 Å². The van der Waals surface area contributed by atoms with E-state index in [1.54, 1.807) is 6.07 Å². The largest absolute Gasteiger partial charge is 0.325 e. The smallest absolute Gasteiger partial charge is 0.279 e. The molecule has 0 unspecified atom stereocenters. The number of nitrogens with one attached hydrogen (secondary N) is 2. The number of carbonyl (C=O) groups excluding carboxylic acids is 1. The van der Waals surface area contributed by atoms with Crippen molar-refractivity contribution < 1.29 is 18.1 Å². The Kier molecular flexibility index (Phi) is 6.62. The molecule has 0 saturated carbocycles. The summed E-state index contributed by atoms with van der Waals surface area (Å²) in [6.07, 6.45) is 0. The Morgan fingerprint density at radius 2 is 1.86 bits per heavy atom. The molecule has 1 amide bonds. The van der Waals surface area contributed by atoms with Gasteiger partial charge in [-0.05, 0) is 42.8 Å². The molecule has 0 aliphatic carbocycles. The molecule has 0 spiro atoms. The summed E-state index contributed by atoms with van der Waals surface area (Å²) >= 11 is 12.0. The highest BCUT2D eigenvalue weighted by Crippen LogP contribution is 2.27. The second kappa shape index (κ2) is 8.80. The number of quaternary nitrogens is 1. The minimum atomic E-state index is -3.72. The van der Waals surface area contributed by atoms with Crippen molar-refractivity contribution in [3.8, 4) is 0 Å². The van der Waals surface area contributed by atoms with Crippen LogP contribution in [0.1, 0.15) is 5.56 Å². The molecule has 3 rings (SSSR count). The summed E-state index contributed by atoms with van der Waals surface area (Å²) < 4.78 is 27.1. The molecule has 0 radical (unpaired) electrons. The average Bonchev–Trinajstić information content (AvgIpc) is 2.64. The lowest BCUT2D eigenvalue weighted by Crippen LogP contribution is -3.15. The molecular formula is C19H22Cl2N3O3S+. The first-order chi connectivity index (χ1) is 13.3. The Bertz CT molecular complexity index is 974. The molecule has 0 atom stereocenters. The van der Waals surface area contributed by atoms with Gasteiger partial charge in [-0.25, -0.2) is 8.42 Å². The molecule has 2 aromatic rings. The van der Waals surface area contributed by atoms with Crippen LogP contribution < -0.4 is 10.2 Å². The van der Waals surface area contributed by atoms with E-state index in [2.05, 4.69) is 5.32 Å². The van der Waals surface area contributed by atoms with Crippen molar-refractivity contribution in [3.05, 3.63) is 58.1 Å². The Morgan fingerprint density at radius 1 is 1.14 bits per heavy atom. The second-order valence-electron chi connectivity index (χ2n) is 6.82. The normalized spacial score (nSPS) is 16.1. The molecule has 9 heteroatoms. The van der Waals surface area contributed by atoms with Gasteiger partial charge in [0.25, 0.3) is 5.91 Å². The Hall–Kier alpha value is -1.64. The number of anilines is 1. The van der Waals surface area contributed by atoms with Crippen LogP contribution in [0.15, 0.2) is 47.4 Å². The van der Waals surface area contributed by atoms with Crippen LogP contribution >= 0.6 is 23.2 Å². The third-order valence-corrected chi connectivity index (χ3v) is 7.27. The van der Waals surface area contributed by atoms with Gasteiger partial charge >= 0.3 is 0 Å². The van der Waals surface area contributed by atoms with Gasteiger partial charge in [0.2, 0.25) is 10.0 Å². The van der Waals surface area contributed by atoms with Crippen LogP contribution in [0.4, 0.5) is 5.69 Å². The highest BCUT2D eigenvalue weighted by molar-refractivity contribution is 7.89. The topological polar surface area (TPSA) is 70.9 Å². The van der Waals surface area contributed by atoms with E-state index < -0.39 is 10.0 Å². The second-order valence-corrected chi connectivity index (χ2v) is 9.57. The standard InChI is InChI=1S/C19H21Cl2N3O3S/c1-14-3-2-4-16(11-14)22-19(25)13-23-7-9-24(10-8-23)28(26,27)18-12-15(20)5-6-17(18)21/h2-6,11-12H,7-10,13H2,1H3,(H,22,25)/p+1. The number of piperazine rings is 1. The molecule has 28 heavy (non-hydrogen) atoms. The third-order valence-electron chi connectivity index (χ3n) is 4.65. The maximum Gasteiger partial charge on any atom is 0.279 e. The van der Waals surface area contributed by atoms with Crippen LogP contribution in [0.2, 0.25) is 10.0 Å². The van der Waals surface area contributed by atoms with Gasteiger partial charge in [-0.1, -0.05) is 35.3 Å². The number of hydrogen-bond acceptors (Lipinski definition) is 3. The first-order valence-electron chi connectivity index (χ1n) is 8.91. The van der Waals surface area contributed by atoms with E-state index in [0.717, 1.165) is 16.2 Å². The zero-order valence-corrected chi connectivity index (χ0v) is 17.7. The molecule has 1 aliphatic heterocycles. The summed E-state index contributed by atoms with van der Waals surface area (Å²) in [5.74, 6) is -0.0882. The molecule has 1 heterocycles. The van der Waals surface area contributed by atoms with Crippen molar-refractivity contribution in [1.29, 1.82) is 0 Å². The number of amides is 1. The van der Waals surface area contributed by atoms with E-state index in [1.807, 2.05) is 31.2 Å². The summed E-state index contributed by atoms with van der Waals surface area (Å²) in [7, 11) is -3.72. The quantitative estimate of drug-likeness (QED) is 0.741. The average molecular weight is 443 g/mol. The number of aryl methyl sites for hydroxylation is 1. The molecule has 0 bridgehead atoms. The lowest BCUT2D eigenvalue weighted by molar-refractivity contribution is -0.895. The number of halogens is 2. The molecule has 2 N–H and O–H groups in total. The summed E-state index contributed by atoms with van der Waals surface area (Å²) in [6.45, 7) is 3.97. The van der Waals surface area contributed by atoms with E-state index in [0.29, 0.717) is 37.7 Å². The highest BCUT2D eigenvalue weighted by Gasteiger charge is 2.32. The van der Waals surface area contributed by atoms with Gasteiger partial charge < -0.3 is 10.2 Å². The van der Waals surface area contributed by atoms with Crippen LogP contribution in [-0.4, -0.2) is 51.4 Å². The van der Waals surface area contributed by atoms with Gasteiger partial charge in [0.15, 0.2) is 6.54 Å². The molecule has 0 aromatic heterocycles. The van der Waals surface area contributed by atoms with Crippen LogP contribution in [0.25, 0.3) is 0 Å². The van der Waals surface area contributed by atoms with Gasteiger partial charge in [-0.2, -0.15) is 4.31 Å². The fraction of sp³-hybridized carbons (Fsp3) is 0.316. The molecule has 1 saturated heterocycles. The molecule has 6 nitrogen and oxygen atoms in total. The third kappa shape index (κ3) is 5.04. The maximum atomic E-state index is 12.9. The number of nitrogens with zero attached hydrogens (tertiary/aromatic N) is 1. The van der Waals surface area contributed by atoms with Crippen molar-refractivity contribution >= 4 is 44.8 Å². The summed E-state index contributed by atoms with van der Waals surface area (Å²) in [5, 5.41) is 3.36. The van der Waals surface area contributed by atoms with Crippen LogP contribution in [0.3, 0.4) is 0 Å². The molecule has 1 aliphatic rings. The number of rotatable bonds is 5. The van der Waals surface area contributed by atoms with E-state index in [-0.39, 0.29) is 15.8 Å². The molecular weight excluding hydrogens is 421 g/mol. The molecule has 1 fully saturated rings. The zero-order valence-electron chi connectivity index (χ0n) is 15.4. The van der Waals surface area contributed by atoms with Crippen molar-refractivity contribution in [2.45, 2.75) is 11.8 Å². The van der Waals surface area contributed by atoms with Crippen molar-refractivity contribution in [2.75, 3.05) is 38.0 Å². The summed E-state index contributed by atoms with van der Waals surface area (Å²) in [6, 6.07) is 12.0. The summed E-state index contributed by atoms with van der Waals surface area (Å²) in [4.78, 5) is 13.3. The highest BCUT2D eigenvalue weighted by atomic mass is 35.5. The van der Waals surface area contributed by atoms with Crippen LogP contribution in [0, 0.1) is 6.92 Å². The SMILES string of the molecule is Cc1cccc(NC(=O)C[NH+]2CCN(S(=O)(=O)c3cc(Cl)ccc3Cl)CC2)c1. The number of carbonyl (C=O) groups is 1. The number of benzene rings is 2. The monoisotopic (exact) mass is 442 g/mol. The maximum absolute atomic E-state index is 12.9. The first-order valence-corrected chi connectivity index (χ1v) is 11.1. The zero-order chi connectivity index (χ0) is 20.3. The Labute approximate surface area is 175 Å².